The van der Waals surface area contributed by atoms with Crippen molar-refractivity contribution in [2.24, 2.45) is 0 Å². The van der Waals surface area contributed by atoms with Crippen LogP contribution < -0.4 is 5.32 Å². The second kappa shape index (κ2) is 10.2. The lowest BCUT2D eigenvalue weighted by atomic mass is 10.2. The van der Waals surface area contributed by atoms with E-state index in [1.165, 1.54) is 0 Å². The minimum atomic E-state index is 0.611. The van der Waals surface area contributed by atoms with E-state index >= 15 is 0 Å². The van der Waals surface area contributed by atoms with E-state index < -0.39 is 0 Å². The Bertz CT molecular complexity index is 961. The van der Waals surface area contributed by atoms with Crippen molar-refractivity contribution in [2.75, 3.05) is 39.5 Å². The van der Waals surface area contributed by atoms with E-state index in [1.54, 1.807) is 6.07 Å². The van der Waals surface area contributed by atoms with Gasteiger partial charge in [0.1, 0.15) is 11.6 Å². The highest BCUT2D eigenvalue weighted by molar-refractivity contribution is 6.33. The molecule has 0 amide bonds. The Morgan fingerprint density at radius 2 is 1.76 bits per heavy atom. The van der Waals surface area contributed by atoms with Crippen molar-refractivity contribution in [1.29, 1.82) is 0 Å². The van der Waals surface area contributed by atoms with Crippen LogP contribution in [0.5, 0.6) is 0 Å². The number of fused-ring (bicyclic) bond motifs is 1. The van der Waals surface area contributed by atoms with Gasteiger partial charge in [0.25, 0.3) is 0 Å². The lowest BCUT2D eigenvalue weighted by Gasteiger charge is -2.18. The first-order valence-electron chi connectivity index (χ1n) is 9.69. The summed E-state index contributed by atoms with van der Waals surface area (Å²) in [5.74, 6) is 1.66. The van der Waals surface area contributed by atoms with Gasteiger partial charge in [0.15, 0.2) is 0 Å². The number of para-hydroxylation sites is 1. The molecule has 0 saturated carbocycles. The number of anilines is 1. The molecule has 0 radical (unpaired) electrons. The summed E-state index contributed by atoms with van der Waals surface area (Å²) in [4.78, 5) is 13.9. The highest BCUT2D eigenvalue weighted by atomic mass is 35.5. The third kappa shape index (κ3) is 6.28. The molecule has 2 aromatic carbocycles. The molecule has 0 aliphatic rings. The molecular weight excluding hydrogens is 405 g/mol. The molecule has 0 bridgehead atoms. The van der Waals surface area contributed by atoms with Gasteiger partial charge in [-0.05, 0) is 70.0 Å². The van der Waals surface area contributed by atoms with E-state index in [9.17, 15) is 0 Å². The van der Waals surface area contributed by atoms with Crippen LogP contribution in [0.4, 0.5) is 5.82 Å². The minimum absolute atomic E-state index is 0.611. The molecule has 29 heavy (non-hydrogen) atoms. The van der Waals surface area contributed by atoms with Gasteiger partial charge in [0, 0.05) is 28.5 Å². The van der Waals surface area contributed by atoms with Crippen LogP contribution in [0.3, 0.4) is 0 Å². The van der Waals surface area contributed by atoms with Crippen molar-refractivity contribution in [3.63, 3.8) is 0 Å². The molecule has 154 valence electrons. The van der Waals surface area contributed by atoms with Gasteiger partial charge in [0.2, 0.25) is 0 Å². The molecule has 1 N–H and O–H groups in total. The Hall–Kier alpha value is -1.92. The monoisotopic (exact) mass is 431 g/mol. The van der Waals surface area contributed by atoms with Crippen molar-refractivity contribution in [3.8, 4) is 0 Å². The molecule has 0 atom stereocenters. The van der Waals surface area contributed by atoms with Crippen LogP contribution in [0.2, 0.25) is 10.0 Å². The first-order valence-corrected chi connectivity index (χ1v) is 10.4. The maximum atomic E-state index is 6.31. The van der Waals surface area contributed by atoms with Crippen molar-refractivity contribution >= 4 is 39.9 Å². The molecule has 1 heterocycles. The van der Waals surface area contributed by atoms with Gasteiger partial charge in [-0.1, -0.05) is 35.3 Å². The Balaban J connectivity index is 1.75. The van der Waals surface area contributed by atoms with E-state index in [4.69, 9.17) is 33.2 Å². The van der Waals surface area contributed by atoms with Crippen LogP contribution in [-0.2, 0) is 13.1 Å². The third-order valence-corrected chi connectivity index (χ3v) is 5.19. The van der Waals surface area contributed by atoms with Crippen LogP contribution in [0.1, 0.15) is 17.8 Å². The number of hydrogen-bond acceptors (Lipinski definition) is 5. The summed E-state index contributed by atoms with van der Waals surface area (Å²) in [6.07, 6.45) is 1.05. The molecule has 5 nitrogen and oxygen atoms in total. The Kier molecular flexibility index (Phi) is 7.67. The molecule has 0 fully saturated rings. The smallest absolute Gasteiger partial charge is 0.145 e. The van der Waals surface area contributed by atoms with Crippen LogP contribution in [0.25, 0.3) is 10.9 Å². The van der Waals surface area contributed by atoms with Crippen LogP contribution >= 0.6 is 23.2 Å². The fraction of sp³-hybridized carbons (Fsp3) is 0.364. The molecule has 1 aromatic heterocycles. The quantitative estimate of drug-likeness (QED) is 0.486. The lowest BCUT2D eigenvalue weighted by molar-refractivity contribution is 0.311. The van der Waals surface area contributed by atoms with Gasteiger partial charge in [-0.25, -0.2) is 9.97 Å². The van der Waals surface area contributed by atoms with Crippen LogP contribution in [0, 0.1) is 0 Å². The normalized spacial score (nSPS) is 11.6. The molecule has 3 aromatic rings. The van der Waals surface area contributed by atoms with Gasteiger partial charge in [0.05, 0.1) is 12.1 Å². The second-order valence-corrected chi connectivity index (χ2v) is 8.34. The van der Waals surface area contributed by atoms with Gasteiger partial charge < -0.3 is 10.2 Å². The zero-order chi connectivity index (χ0) is 20.8. The summed E-state index contributed by atoms with van der Waals surface area (Å²) >= 11 is 12.4. The molecule has 0 saturated heterocycles. The fourth-order valence-electron chi connectivity index (χ4n) is 3.18. The maximum absolute atomic E-state index is 6.31. The zero-order valence-electron chi connectivity index (χ0n) is 17.1. The first kappa shape index (κ1) is 21.8. The zero-order valence-corrected chi connectivity index (χ0v) is 18.6. The predicted octanol–water partition coefficient (Wildman–Crippen LogP) is 4.93. The SMILES string of the molecule is CN(C)CCCNc1nc(CN(C)Cc2cc(Cl)ccc2Cl)nc2ccccc12. The van der Waals surface area contributed by atoms with Gasteiger partial charge in [-0.3, -0.25) is 4.90 Å². The average Bonchev–Trinajstić information content (AvgIpc) is 2.67. The van der Waals surface area contributed by atoms with E-state index in [0.717, 1.165) is 47.6 Å². The lowest BCUT2D eigenvalue weighted by Crippen LogP contribution is -2.20. The van der Waals surface area contributed by atoms with Gasteiger partial charge in [-0.2, -0.15) is 0 Å². The van der Waals surface area contributed by atoms with Gasteiger partial charge >= 0.3 is 0 Å². The molecule has 0 unspecified atom stereocenters. The van der Waals surface area contributed by atoms with Crippen molar-refractivity contribution in [1.82, 2.24) is 19.8 Å². The maximum Gasteiger partial charge on any atom is 0.145 e. The number of nitrogens with one attached hydrogen (secondary N) is 1. The predicted molar refractivity (Wildman–Crippen MR) is 123 cm³/mol. The molecule has 3 rings (SSSR count). The molecule has 0 spiro atoms. The van der Waals surface area contributed by atoms with E-state index in [2.05, 4.69) is 35.3 Å². The summed E-state index contributed by atoms with van der Waals surface area (Å²) in [5.41, 5.74) is 1.94. The second-order valence-electron chi connectivity index (χ2n) is 7.50. The standard InChI is InChI=1S/C22H27Cl2N5/c1-28(2)12-6-11-25-22-18-7-4-5-8-20(18)26-21(27-22)15-29(3)14-16-13-17(23)9-10-19(16)24/h4-5,7-10,13H,6,11-12,14-15H2,1-3H3,(H,25,26,27). The highest BCUT2D eigenvalue weighted by Gasteiger charge is 2.11. The number of benzene rings is 2. The molecule has 0 aliphatic heterocycles. The number of aromatic nitrogens is 2. The van der Waals surface area contributed by atoms with Crippen LogP contribution in [-0.4, -0.2) is 54.0 Å². The Labute approximate surface area is 182 Å². The third-order valence-electron chi connectivity index (χ3n) is 4.58. The van der Waals surface area contributed by atoms with Crippen molar-refractivity contribution < 1.29 is 0 Å². The summed E-state index contributed by atoms with van der Waals surface area (Å²) in [6, 6.07) is 13.6. The van der Waals surface area contributed by atoms with E-state index in [0.29, 0.717) is 23.1 Å². The van der Waals surface area contributed by atoms with E-state index in [-0.39, 0.29) is 0 Å². The topological polar surface area (TPSA) is 44.3 Å². The number of halogens is 2. The fourth-order valence-corrected chi connectivity index (χ4v) is 3.56. The average molecular weight is 432 g/mol. The minimum Gasteiger partial charge on any atom is -0.369 e. The molecular formula is C22H27Cl2N5. The molecule has 7 heteroatoms. The number of nitrogens with zero attached hydrogens (tertiary/aromatic N) is 4. The Morgan fingerprint density at radius 3 is 2.55 bits per heavy atom. The van der Waals surface area contributed by atoms with Crippen LogP contribution in [0.15, 0.2) is 42.5 Å². The summed E-state index contributed by atoms with van der Waals surface area (Å²) in [6.45, 7) is 3.18. The van der Waals surface area contributed by atoms with Crippen molar-refractivity contribution in [3.05, 3.63) is 63.9 Å². The van der Waals surface area contributed by atoms with Gasteiger partial charge in [-0.15, -0.1) is 0 Å². The summed E-state index contributed by atoms with van der Waals surface area (Å²) in [7, 11) is 6.19. The number of rotatable bonds is 9. The first-order chi connectivity index (χ1) is 13.9. The molecule has 0 aliphatic carbocycles. The number of hydrogen-bond donors (Lipinski definition) is 1. The largest absolute Gasteiger partial charge is 0.369 e. The summed E-state index contributed by atoms with van der Waals surface area (Å²) in [5, 5.41) is 5.93. The van der Waals surface area contributed by atoms with Crippen molar-refractivity contribution in [2.45, 2.75) is 19.5 Å². The summed E-state index contributed by atoms with van der Waals surface area (Å²) < 4.78 is 0. The Morgan fingerprint density at radius 1 is 0.966 bits per heavy atom. The van der Waals surface area contributed by atoms with E-state index in [1.807, 2.05) is 37.4 Å². The highest BCUT2D eigenvalue weighted by Crippen LogP contribution is 2.23.